The van der Waals surface area contributed by atoms with Crippen LogP contribution >= 0.6 is 0 Å². The van der Waals surface area contributed by atoms with Gasteiger partial charge in [0.1, 0.15) is 0 Å². The van der Waals surface area contributed by atoms with E-state index in [-0.39, 0.29) is 0 Å². The van der Waals surface area contributed by atoms with Gasteiger partial charge in [0.15, 0.2) is 0 Å². The first-order chi connectivity index (χ1) is 10.8. The van der Waals surface area contributed by atoms with Crippen molar-refractivity contribution < 1.29 is 9.90 Å². The van der Waals surface area contributed by atoms with E-state index in [1.165, 1.54) is 51.4 Å². The number of carbonyl (C=O) groups is 1. The molecule has 0 bridgehead atoms. The topological polar surface area (TPSA) is 37.3 Å². The number of hydrogen-bond acceptors (Lipinski definition) is 1. The van der Waals surface area contributed by atoms with Crippen molar-refractivity contribution >= 4 is 5.97 Å². The molecule has 0 aliphatic heterocycles. The lowest BCUT2D eigenvalue weighted by Crippen LogP contribution is -1.93. The van der Waals surface area contributed by atoms with E-state index in [2.05, 4.69) is 43.4 Å². The fourth-order valence-electron chi connectivity index (χ4n) is 2.22. The minimum Gasteiger partial charge on any atom is -0.481 e. The molecule has 2 nitrogen and oxygen atoms in total. The number of allylic oxidation sites excluding steroid dienone is 6. The van der Waals surface area contributed by atoms with E-state index in [4.69, 9.17) is 5.11 Å². The van der Waals surface area contributed by atoms with Gasteiger partial charge in [-0.3, -0.25) is 4.79 Å². The molecule has 0 aliphatic carbocycles. The Morgan fingerprint density at radius 1 is 0.727 bits per heavy atom. The van der Waals surface area contributed by atoms with Crippen molar-refractivity contribution in [1.29, 1.82) is 0 Å². The Morgan fingerprint density at radius 2 is 1.23 bits per heavy atom. The van der Waals surface area contributed by atoms with Gasteiger partial charge < -0.3 is 5.11 Å². The second-order valence-corrected chi connectivity index (χ2v) is 5.72. The monoisotopic (exact) mass is 306 g/mol. The van der Waals surface area contributed by atoms with Gasteiger partial charge in [-0.1, -0.05) is 62.6 Å². The van der Waals surface area contributed by atoms with Gasteiger partial charge in [0.2, 0.25) is 0 Å². The maximum atomic E-state index is 10.3. The van der Waals surface area contributed by atoms with Crippen molar-refractivity contribution in [3.05, 3.63) is 36.5 Å². The molecule has 22 heavy (non-hydrogen) atoms. The third-order valence-corrected chi connectivity index (χ3v) is 3.54. The number of rotatable bonds is 15. The SMILES string of the molecule is CC/C=C/C=C/CCCC/C=C/CCCCCCCC(=O)O. The Labute approximate surface area is 137 Å². The zero-order valence-electron chi connectivity index (χ0n) is 14.3. The molecule has 0 aliphatic rings. The van der Waals surface area contributed by atoms with E-state index in [1.807, 2.05) is 0 Å². The van der Waals surface area contributed by atoms with Crippen molar-refractivity contribution in [3.8, 4) is 0 Å². The quantitative estimate of drug-likeness (QED) is 0.215. The van der Waals surface area contributed by atoms with E-state index in [1.54, 1.807) is 0 Å². The van der Waals surface area contributed by atoms with Crippen molar-refractivity contribution in [2.24, 2.45) is 0 Å². The third-order valence-electron chi connectivity index (χ3n) is 3.54. The van der Waals surface area contributed by atoms with Crippen molar-refractivity contribution in [2.45, 2.75) is 84.0 Å². The molecule has 0 fully saturated rings. The highest BCUT2D eigenvalue weighted by Gasteiger charge is 1.95. The molecule has 0 saturated heterocycles. The molecule has 0 aromatic carbocycles. The van der Waals surface area contributed by atoms with Gasteiger partial charge in [0, 0.05) is 6.42 Å². The lowest BCUT2D eigenvalue weighted by Gasteiger charge is -1.98. The van der Waals surface area contributed by atoms with Crippen molar-refractivity contribution in [1.82, 2.24) is 0 Å². The average Bonchev–Trinajstić information content (AvgIpc) is 2.50. The summed E-state index contributed by atoms with van der Waals surface area (Å²) in [7, 11) is 0. The maximum Gasteiger partial charge on any atom is 0.303 e. The average molecular weight is 306 g/mol. The minimum absolute atomic E-state index is 0.323. The van der Waals surface area contributed by atoms with Gasteiger partial charge in [-0.2, -0.15) is 0 Å². The third kappa shape index (κ3) is 18.7. The Hall–Kier alpha value is -1.31. The molecule has 0 rings (SSSR count). The van der Waals surface area contributed by atoms with E-state index in [0.717, 1.165) is 19.3 Å². The van der Waals surface area contributed by atoms with E-state index in [0.29, 0.717) is 6.42 Å². The molecule has 2 heteroatoms. The van der Waals surface area contributed by atoms with Crippen LogP contribution in [-0.4, -0.2) is 11.1 Å². The highest BCUT2D eigenvalue weighted by atomic mass is 16.4. The fraction of sp³-hybridized carbons (Fsp3) is 0.650. The minimum atomic E-state index is -0.671. The molecule has 0 heterocycles. The Kier molecular flexibility index (Phi) is 16.7. The van der Waals surface area contributed by atoms with Gasteiger partial charge in [-0.05, 0) is 51.4 Å². The zero-order valence-corrected chi connectivity index (χ0v) is 14.3. The van der Waals surface area contributed by atoms with Crippen LogP contribution in [0.3, 0.4) is 0 Å². The normalized spacial score (nSPS) is 12.0. The molecule has 0 amide bonds. The van der Waals surface area contributed by atoms with Gasteiger partial charge in [0.25, 0.3) is 0 Å². The van der Waals surface area contributed by atoms with Gasteiger partial charge in [-0.25, -0.2) is 0 Å². The summed E-state index contributed by atoms with van der Waals surface area (Å²) in [6.45, 7) is 2.15. The van der Waals surface area contributed by atoms with Crippen LogP contribution in [0.15, 0.2) is 36.5 Å². The molecular weight excluding hydrogens is 272 g/mol. The van der Waals surface area contributed by atoms with Crippen LogP contribution in [0.1, 0.15) is 84.0 Å². The summed E-state index contributed by atoms with van der Waals surface area (Å²) >= 11 is 0. The van der Waals surface area contributed by atoms with E-state index >= 15 is 0 Å². The lowest BCUT2D eigenvalue weighted by atomic mass is 10.1. The molecule has 0 saturated carbocycles. The summed E-state index contributed by atoms with van der Waals surface area (Å²) < 4.78 is 0. The summed E-state index contributed by atoms with van der Waals surface area (Å²) in [6, 6.07) is 0. The van der Waals surface area contributed by atoms with Crippen LogP contribution in [0.2, 0.25) is 0 Å². The second-order valence-electron chi connectivity index (χ2n) is 5.72. The number of carboxylic acids is 1. The fourth-order valence-corrected chi connectivity index (χ4v) is 2.22. The first-order valence-corrected chi connectivity index (χ1v) is 8.95. The Balaban J connectivity index is 3.19. The molecule has 0 radical (unpaired) electrons. The number of carboxylic acid groups (broad SMARTS) is 1. The predicted octanol–water partition coefficient (Wildman–Crippen LogP) is 6.44. The summed E-state index contributed by atoms with van der Waals surface area (Å²) in [5.41, 5.74) is 0. The number of unbranched alkanes of at least 4 members (excludes halogenated alkanes) is 8. The van der Waals surface area contributed by atoms with Crippen molar-refractivity contribution in [3.63, 3.8) is 0 Å². The van der Waals surface area contributed by atoms with Crippen LogP contribution in [0.5, 0.6) is 0 Å². The smallest absolute Gasteiger partial charge is 0.303 e. The van der Waals surface area contributed by atoms with Gasteiger partial charge in [-0.15, -0.1) is 0 Å². The molecule has 1 N–H and O–H groups in total. The first kappa shape index (κ1) is 20.7. The first-order valence-electron chi connectivity index (χ1n) is 8.95. The van der Waals surface area contributed by atoms with E-state index in [9.17, 15) is 4.79 Å². The predicted molar refractivity (Wildman–Crippen MR) is 96.1 cm³/mol. The molecular formula is C20H34O2. The van der Waals surface area contributed by atoms with Gasteiger partial charge in [0.05, 0.1) is 0 Å². The lowest BCUT2D eigenvalue weighted by molar-refractivity contribution is -0.137. The Bertz CT molecular complexity index is 327. The number of aliphatic carboxylic acids is 1. The molecule has 0 unspecified atom stereocenters. The summed E-state index contributed by atoms with van der Waals surface area (Å²) in [6.07, 6.45) is 26.3. The van der Waals surface area contributed by atoms with Crippen LogP contribution in [0.25, 0.3) is 0 Å². The summed E-state index contributed by atoms with van der Waals surface area (Å²) in [5, 5.41) is 8.52. The summed E-state index contributed by atoms with van der Waals surface area (Å²) in [4.78, 5) is 10.3. The van der Waals surface area contributed by atoms with E-state index < -0.39 is 5.97 Å². The van der Waals surface area contributed by atoms with Crippen LogP contribution in [0, 0.1) is 0 Å². The van der Waals surface area contributed by atoms with Crippen LogP contribution in [0.4, 0.5) is 0 Å². The summed E-state index contributed by atoms with van der Waals surface area (Å²) in [5.74, 6) is -0.671. The Morgan fingerprint density at radius 3 is 1.86 bits per heavy atom. The van der Waals surface area contributed by atoms with Crippen LogP contribution in [-0.2, 0) is 4.79 Å². The standard InChI is InChI=1S/C20H34O2/c1-2-3-4-5-6-7-8-9-10-11-12-13-14-15-16-17-18-19-20(21)22/h3-6,11-12H,2,7-10,13-19H2,1H3,(H,21,22)/b4-3+,6-5+,12-11+. The number of hydrogen-bond donors (Lipinski definition) is 1. The zero-order chi connectivity index (χ0) is 16.3. The van der Waals surface area contributed by atoms with Gasteiger partial charge >= 0.3 is 5.97 Å². The molecule has 0 aromatic heterocycles. The molecule has 126 valence electrons. The highest BCUT2D eigenvalue weighted by molar-refractivity contribution is 5.66. The highest BCUT2D eigenvalue weighted by Crippen LogP contribution is 2.08. The maximum absolute atomic E-state index is 10.3. The van der Waals surface area contributed by atoms with Crippen LogP contribution < -0.4 is 0 Å². The molecule has 0 spiro atoms. The molecule has 0 atom stereocenters. The largest absolute Gasteiger partial charge is 0.481 e. The second kappa shape index (κ2) is 17.7. The molecule has 0 aromatic rings. The van der Waals surface area contributed by atoms with Crippen molar-refractivity contribution in [2.75, 3.05) is 0 Å².